The van der Waals surface area contributed by atoms with Crippen molar-refractivity contribution in [3.8, 4) is 0 Å². The Labute approximate surface area is 206 Å². The number of rotatable bonds is 7. The van der Waals surface area contributed by atoms with E-state index in [2.05, 4.69) is 15.3 Å². The number of hydrogen-bond acceptors (Lipinski definition) is 6. The fraction of sp³-hybridized carbons (Fsp3) is 0.500. The number of nitrogens with one attached hydrogen (secondary N) is 1. The van der Waals surface area contributed by atoms with Gasteiger partial charge in [0.25, 0.3) is 5.91 Å². The van der Waals surface area contributed by atoms with Crippen LogP contribution in [-0.4, -0.2) is 51.8 Å². The van der Waals surface area contributed by atoms with Crippen molar-refractivity contribution in [2.45, 2.75) is 64.0 Å². The summed E-state index contributed by atoms with van der Waals surface area (Å²) in [5.41, 5.74) is 7.26. The number of β-lactam (4-membered cyclic amide) rings is 1. The van der Waals surface area contributed by atoms with E-state index in [4.69, 9.17) is 5.73 Å². The van der Waals surface area contributed by atoms with E-state index in [0.717, 1.165) is 42.6 Å². The molecule has 1 aliphatic carbocycles. The third kappa shape index (κ3) is 5.28. The zero-order chi connectivity index (χ0) is 24.9. The van der Waals surface area contributed by atoms with Crippen LogP contribution in [-0.2, 0) is 16.0 Å². The van der Waals surface area contributed by atoms with Crippen molar-refractivity contribution in [3.63, 3.8) is 0 Å². The maximum absolute atomic E-state index is 13.6. The highest BCUT2D eigenvalue weighted by Crippen LogP contribution is 2.34. The maximum atomic E-state index is 13.6. The first-order valence-corrected chi connectivity index (χ1v) is 12.4. The zero-order valence-electron chi connectivity index (χ0n) is 20.4. The standard InChI is InChI=1S/C26H34N6O3/c1-3-21(18-7-5-4-6-8-18)30-26(35)32-23(25(34)31(2)19-10-12-28-13-11-19)20(24(32)33)15-17-9-14-29-22(27)16-17/h9-14,16,18,20-21,23H,3-8,15H2,1-2H3,(H2,27,29)(H,30,35)/t20-,21-,23+/m1/s1. The van der Waals surface area contributed by atoms with Crippen LogP contribution in [0, 0.1) is 11.8 Å². The van der Waals surface area contributed by atoms with E-state index in [1.807, 2.05) is 6.92 Å². The first-order valence-electron chi connectivity index (χ1n) is 12.4. The van der Waals surface area contributed by atoms with Crippen LogP contribution >= 0.6 is 0 Å². The van der Waals surface area contributed by atoms with Gasteiger partial charge in [0.1, 0.15) is 11.9 Å². The van der Waals surface area contributed by atoms with Gasteiger partial charge in [-0.05, 0) is 61.4 Å². The van der Waals surface area contributed by atoms with Crippen molar-refractivity contribution in [2.75, 3.05) is 17.7 Å². The summed E-state index contributed by atoms with van der Waals surface area (Å²) >= 11 is 0. The molecule has 4 amide bonds. The Kier molecular flexibility index (Phi) is 7.63. The van der Waals surface area contributed by atoms with Crippen LogP contribution in [0.4, 0.5) is 16.3 Å². The number of nitrogens with zero attached hydrogens (tertiary/aromatic N) is 4. The predicted octanol–water partition coefficient (Wildman–Crippen LogP) is 3.16. The number of nitrogens with two attached hydrogens (primary N) is 1. The Morgan fingerprint density at radius 1 is 1.17 bits per heavy atom. The van der Waals surface area contributed by atoms with E-state index in [-0.39, 0.29) is 17.9 Å². The summed E-state index contributed by atoms with van der Waals surface area (Å²) < 4.78 is 0. The molecule has 3 N–H and O–H groups in total. The minimum Gasteiger partial charge on any atom is -0.384 e. The summed E-state index contributed by atoms with van der Waals surface area (Å²) in [6.45, 7) is 2.05. The number of anilines is 2. The quantitative estimate of drug-likeness (QED) is 0.590. The van der Waals surface area contributed by atoms with Gasteiger partial charge in [-0.1, -0.05) is 26.2 Å². The number of aromatic nitrogens is 2. The van der Waals surface area contributed by atoms with E-state index in [0.29, 0.717) is 23.8 Å². The molecule has 186 valence electrons. The van der Waals surface area contributed by atoms with Crippen LogP contribution in [0.25, 0.3) is 0 Å². The Balaban J connectivity index is 1.56. The second-order valence-corrected chi connectivity index (χ2v) is 9.52. The van der Waals surface area contributed by atoms with Crippen LogP contribution in [0.3, 0.4) is 0 Å². The number of pyridine rings is 2. The number of hydrogen-bond donors (Lipinski definition) is 2. The molecule has 9 heteroatoms. The molecule has 3 heterocycles. The molecule has 0 spiro atoms. The third-order valence-corrected chi connectivity index (χ3v) is 7.34. The number of imide groups is 1. The molecular weight excluding hydrogens is 444 g/mol. The molecule has 2 aromatic rings. The number of likely N-dealkylation sites (N-methyl/N-ethyl adjacent to an activating group) is 1. The van der Waals surface area contributed by atoms with Gasteiger partial charge in [-0.3, -0.25) is 19.5 Å². The molecular formula is C26H34N6O3. The Morgan fingerprint density at radius 2 is 1.89 bits per heavy atom. The summed E-state index contributed by atoms with van der Waals surface area (Å²) in [7, 11) is 1.65. The largest absolute Gasteiger partial charge is 0.384 e. The number of nitrogen functional groups attached to an aromatic ring is 1. The summed E-state index contributed by atoms with van der Waals surface area (Å²) in [5.74, 6) is -0.576. The molecule has 0 radical (unpaired) electrons. The number of carbonyl (C=O) groups excluding carboxylic acids is 3. The van der Waals surface area contributed by atoms with Crippen LogP contribution in [0.1, 0.15) is 51.0 Å². The van der Waals surface area contributed by atoms with Gasteiger partial charge in [0.15, 0.2) is 0 Å². The topological polar surface area (TPSA) is 122 Å². The van der Waals surface area contributed by atoms with Crippen molar-refractivity contribution in [3.05, 3.63) is 48.4 Å². The van der Waals surface area contributed by atoms with Gasteiger partial charge in [0.05, 0.1) is 5.92 Å². The SMILES string of the molecule is CC[C@@H](NC(=O)N1C(=O)[C@H](Cc2ccnc(N)c2)[C@H]1C(=O)N(C)c1ccncc1)C1CCCCC1. The third-order valence-electron chi connectivity index (χ3n) is 7.34. The highest BCUT2D eigenvalue weighted by molar-refractivity contribution is 6.12. The normalized spacial score (nSPS) is 21.2. The lowest BCUT2D eigenvalue weighted by Crippen LogP contribution is -2.71. The lowest BCUT2D eigenvalue weighted by molar-refractivity contribution is -0.156. The number of carbonyl (C=O) groups is 3. The van der Waals surface area contributed by atoms with Crippen LogP contribution in [0.15, 0.2) is 42.9 Å². The second-order valence-electron chi connectivity index (χ2n) is 9.52. The fourth-order valence-electron chi connectivity index (χ4n) is 5.34. The zero-order valence-corrected chi connectivity index (χ0v) is 20.4. The van der Waals surface area contributed by atoms with Gasteiger partial charge in [0, 0.05) is 37.4 Å². The summed E-state index contributed by atoms with van der Waals surface area (Å²) in [4.78, 5) is 50.8. The van der Waals surface area contributed by atoms with Gasteiger partial charge < -0.3 is 16.0 Å². The van der Waals surface area contributed by atoms with E-state index < -0.39 is 18.0 Å². The average Bonchev–Trinajstić information content (AvgIpc) is 2.89. The Morgan fingerprint density at radius 3 is 2.54 bits per heavy atom. The van der Waals surface area contributed by atoms with Crippen molar-refractivity contribution in [2.24, 2.45) is 11.8 Å². The van der Waals surface area contributed by atoms with E-state index in [9.17, 15) is 14.4 Å². The monoisotopic (exact) mass is 478 g/mol. The highest BCUT2D eigenvalue weighted by atomic mass is 16.2. The number of likely N-dealkylation sites (tertiary alicyclic amines) is 1. The number of amides is 4. The summed E-state index contributed by atoms with van der Waals surface area (Å²) in [5, 5.41) is 3.08. The Bertz CT molecular complexity index is 1060. The van der Waals surface area contributed by atoms with E-state index in [1.165, 1.54) is 11.3 Å². The predicted molar refractivity (Wildman–Crippen MR) is 133 cm³/mol. The molecule has 2 aromatic heterocycles. The van der Waals surface area contributed by atoms with Crippen molar-refractivity contribution in [1.82, 2.24) is 20.2 Å². The van der Waals surface area contributed by atoms with Crippen LogP contribution < -0.4 is 16.0 Å². The van der Waals surface area contributed by atoms with Crippen molar-refractivity contribution >= 4 is 29.4 Å². The number of urea groups is 1. The maximum Gasteiger partial charge on any atom is 0.325 e. The van der Waals surface area contributed by atoms with Gasteiger partial charge in [-0.25, -0.2) is 9.78 Å². The van der Waals surface area contributed by atoms with Gasteiger partial charge in [-0.2, -0.15) is 0 Å². The first kappa shape index (κ1) is 24.6. The van der Waals surface area contributed by atoms with Gasteiger partial charge in [0.2, 0.25) is 5.91 Å². The van der Waals surface area contributed by atoms with E-state index in [1.54, 1.807) is 49.9 Å². The summed E-state index contributed by atoms with van der Waals surface area (Å²) in [6, 6.07) is 5.51. The molecule has 9 nitrogen and oxygen atoms in total. The van der Waals surface area contributed by atoms with Crippen LogP contribution in [0.2, 0.25) is 0 Å². The lowest BCUT2D eigenvalue weighted by atomic mass is 9.81. The minimum atomic E-state index is -0.904. The van der Waals surface area contributed by atoms with Crippen LogP contribution in [0.5, 0.6) is 0 Å². The molecule has 0 bridgehead atoms. The summed E-state index contributed by atoms with van der Waals surface area (Å²) in [6.07, 6.45) is 11.6. The Hall–Kier alpha value is -3.49. The molecule has 2 fully saturated rings. The first-order chi connectivity index (χ1) is 16.9. The van der Waals surface area contributed by atoms with Crippen molar-refractivity contribution in [1.29, 1.82) is 0 Å². The smallest absolute Gasteiger partial charge is 0.325 e. The van der Waals surface area contributed by atoms with Gasteiger partial charge >= 0.3 is 6.03 Å². The molecule has 2 aliphatic rings. The highest BCUT2D eigenvalue weighted by Gasteiger charge is 2.55. The molecule has 1 saturated heterocycles. The molecule has 3 atom stereocenters. The molecule has 1 saturated carbocycles. The molecule has 0 aromatic carbocycles. The minimum absolute atomic E-state index is 0.0108. The lowest BCUT2D eigenvalue weighted by Gasteiger charge is -2.46. The van der Waals surface area contributed by atoms with Crippen molar-refractivity contribution < 1.29 is 14.4 Å². The van der Waals surface area contributed by atoms with E-state index >= 15 is 0 Å². The molecule has 35 heavy (non-hydrogen) atoms. The fourth-order valence-corrected chi connectivity index (χ4v) is 5.34. The second kappa shape index (κ2) is 10.8. The van der Waals surface area contributed by atoms with Gasteiger partial charge in [-0.15, -0.1) is 0 Å². The molecule has 1 aliphatic heterocycles. The molecule has 4 rings (SSSR count). The molecule has 0 unspecified atom stereocenters. The average molecular weight is 479 g/mol.